The molecule has 1 N–H and O–H groups in total. The van der Waals surface area contributed by atoms with Crippen molar-refractivity contribution >= 4 is 11.6 Å². The predicted molar refractivity (Wildman–Crippen MR) is 67.8 cm³/mol. The van der Waals surface area contributed by atoms with Gasteiger partial charge in [0.1, 0.15) is 5.41 Å². The van der Waals surface area contributed by atoms with E-state index in [2.05, 4.69) is 11.4 Å². The van der Waals surface area contributed by atoms with Crippen molar-refractivity contribution in [2.75, 3.05) is 12.1 Å². The van der Waals surface area contributed by atoms with Gasteiger partial charge in [0, 0.05) is 11.8 Å². The van der Waals surface area contributed by atoms with Gasteiger partial charge < -0.3 is 14.8 Å². The number of carbonyl (C=O) groups excluding carboxylic acids is 1. The monoisotopic (exact) mass is 258 g/mol. The number of carbonyl (C=O) groups is 1. The summed E-state index contributed by atoms with van der Waals surface area (Å²) in [5, 5.41) is 12.0. The number of ether oxygens (including phenoxy) is 2. The number of nitrogens with zero attached hydrogens (tertiary/aromatic N) is 1. The van der Waals surface area contributed by atoms with Crippen LogP contribution in [-0.2, 0) is 4.79 Å². The van der Waals surface area contributed by atoms with E-state index in [9.17, 15) is 4.79 Å². The molecule has 98 valence electrons. The van der Waals surface area contributed by atoms with Crippen LogP contribution in [0.1, 0.15) is 24.8 Å². The van der Waals surface area contributed by atoms with Gasteiger partial charge in [0.15, 0.2) is 11.5 Å². The number of hydrogen-bond donors (Lipinski definition) is 1. The molecule has 19 heavy (non-hydrogen) atoms. The molecule has 5 nitrogen and oxygen atoms in total. The van der Waals surface area contributed by atoms with E-state index in [4.69, 9.17) is 14.7 Å². The number of nitrogens with one attached hydrogen (secondary N) is 1. The third-order valence-corrected chi connectivity index (χ3v) is 3.82. The number of benzene rings is 1. The van der Waals surface area contributed by atoms with Crippen molar-refractivity contribution < 1.29 is 14.3 Å². The normalized spacial score (nSPS) is 18.3. The summed E-state index contributed by atoms with van der Waals surface area (Å²) in [7, 11) is 0. The molecule has 5 heteroatoms. The molecule has 2 aliphatic rings. The molecule has 0 saturated heterocycles. The largest absolute Gasteiger partial charge is 0.454 e. The molecule has 1 saturated carbocycles. The average molecular weight is 258 g/mol. The van der Waals surface area contributed by atoms with Gasteiger partial charge in [0.2, 0.25) is 12.7 Å². The quantitative estimate of drug-likeness (QED) is 0.883. The van der Waals surface area contributed by atoms with E-state index in [1.165, 1.54) is 0 Å². The zero-order chi connectivity index (χ0) is 13.5. The summed E-state index contributed by atoms with van der Waals surface area (Å²) >= 11 is 0. The summed E-state index contributed by atoms with van der Waals surface area (Å²) in [5.74, 6) is 1.10. The minimum absolute atomic E-state index is 0.203. The Balaban J connectivity index is 1.84. The van der Waals surface area contributed by atoms with Crippen molar-refractivity contribution in [3.05, 3.63) is 17.7 Å². The number of anilines is 1. The maximum atomic E-state index is 12.2. The lowest BCUT2D eigenvalue weighted by atomic mass is 9.69. The van der Waals surface area contributed by atoms with E-state index in [1.54, 1.807) is 6.07 Å². The highest BCUT2D eigenvalue weighted by Crippen LogP contribution is 2.42. The van der Waals surface area contributed by atoms with E-state index in [1.807, 2.05) is 13.0 Å². The third-order valence-electron chi connectivity index (χ3n) is 3.82. The van der Waals surface area contributed by atoms with E-state index >= 15 is 0 Å². The van der Waals surface area contributed by atoms with Crippen LogP contribution in [0.25, 0.3) is 0 Å². The van der Waals surface area contributed by atoms with Crippen molar-refractivity contribution in [2.24, 2.45) is 5.41 Å². The summed E-state index contributed by atoms with van der Waals surface area (Å²) in [4.78, 5) is 12.2. The lowest BCUT2D eigenvalue weighted by molar-refractivity contribution is -0.126. The molecule has 1 aliphatic carbocycles. The van der Waals surface area contributed by atoms with Crippen molar-refractivity contribution in [1.29, 1.82) is 5.26 Å². The van der Waals surface area contributed by atoms with Crippen LogP contribution in [0.15, 0.2) is 12.1 Å². The van der Waals surface area contributed by atoms with E-state index in [0.717, 1.165) is 12.0 Å². The van der Waals surface area contributed by atoms with Crippen molar-refractivity contribution in [3.63, 3.8) is 0 Å². The molecule has 0 aromatic heterocycles. The molecule has 0 radical (unpaired) electrons. The summed E-state index contributed by atoms with van der Waals surface area (Å²) in [6, 6.07) is 5.72. The second-order valence-corrected chi connectivity index (χ2v) is 5.02. The van der Waals surface area contributed by atoms with Crippen molar-refractivity contribution in [3.8, 4) is 17.6 Å². The van der Waals surface area contributed by atoms with Gasteiger partial charge in [-0.1, -0.05) is 0 Å². The summed E-state index contributed by atoms with van der Waals surface area (Å²) < 4.78 is 10.6. The molecule has 3 rings (SSSR count). The maximum absolute atomic E-state index is 12.2. The van der Waals surface area contributed by atoms with Crippen molar-refractivity contribution in [1.82, 2.24) is 0 Å². The predicted octanol–water partition coefficient (Wildman–Crippen LogP) is 2.36. The van der Waals surface area contributed by atoms with E-state index in [0.29, 0.717) is 30.0 Å². The smallest absolute Gasteiger partial charge is 0.244 e. The van der Waals surface area contributed by atoms with Crippen LogP contribution in [0.3, 0.4) is 0 Å². The Bertz CT molecular complexity index is 585. The minimum Gasteiger partial charge on any atom is -0.454 e. The molecule has 0 atom stereocenters. The highest BCUT2D eigenvalue weighted by molar-refractivity contribution is 5.98. The lowest BCUT2D eigenvalue weighted by Crippen LogP contribution is -2.40. The Morgan fingerprint density at radius 2 is 2.05 bits per heavy atom. The molecule has 0 spiro atoms. The number of rotatable bonds is 2. The second-order valence-electron chi connectivity index (χ2n) is 5.02. The van der Waals surface area contributed by atoms with E-state index < -0.39 is 5.41 Å². The molecule has 1 aliphatic heterocycles. The minimum atomic E-state index is -0.844. The molecule has 1 fully saturated rings. The van der Waals surface area contributed by atoms with Gasteiger partial charge in [-0.3, -0.25) is 4.79 Å². The number of aryl methyl sites for hydroxylation is 1. The van der Waals surface area contributed by atoms with Gasteiger partial charge in [0.25, 0.3) is 0 Å². The average Bonchev–Trinajstić information content (AvgIpc) is 2.75. The first-order valence-corrected chi connectivity index (χ1v) is 6.28. The first-order chi connectivity index (χ1) is 9.14. The SMILES string of the molecule is Cc1cc2c(cc1NC(=O)C1(C#N)CCC1)OCO2. The van der Waals surface area contributed by atoms with Gasteiger partial charge in [-0.2, -0.15) is 5.26 Å². The fourth-order valence-corrected chi connectivity index (χ4v) is 2.34. The van der Waals surface area contributed by atoms with Gasteiger partial charge in [-0.25, -0.2) is 0 Å². The number of nitriles is 1. The summed E-state index contributed by atoms with van der Waals surface area (Å²) in [6.45, 7) is 2.09. The molecule has 1 heterocycles. The fourth-order valence-electron chi connectivity index (χ4n) is 2.34. The highest BCUT2D eigenvalue weighted by Gasteiger charge is 2.44. The Kier molecular flexibility index (Phi) is 2.59. The van der Waals surface area contributed by atoms with Gasteiger partial charge >= 0.3 is 0 Å². The van der Waals surface area contributed by atoms with Crippen LogP contribution in [0.2, 0.25) is 0 Å². The zero-order valence-electron chi connectivity index (χ0n) is 10.7. The highest BCUT2D eigenvalue weighted by atomic mass is 16.7. The van der Waals surface area contributed by atoms with Gasteiger partial charge in [-0.15, -0.1) is 0 Å². The molecule has 1 aromatic carbocycles. The topological polar surface area (TPSA) is 71.4 Å². The number of fused-ring (bicyclic) bond motifs is 1. The van der Waals surface area contributed by atoms with Gasteiger partial charge in [-0.05, 0) is 37.8 Å². The molecule has 0 unspecified atom stereocenters. The first kappa shape index (κ1) is 11.8. The van der Waals surface area contributed by atoms with Crippen LogP contribution in [0.5, 0.6) is 11.5 Å². The Morgan fingerprint density at radius 3 is 2.63 bits per heavy atom. The molecular weight excluding hydrogens is 244 g/mol. The molecular formula is C14H14N2O3. The fraction of sp³-hybridized carbons (Fsp3) is 0.429. The van der Waals surface area contributed by atoms with Gasteiger partial charge in [0.05, 0.1) is 6.07 Å². The van der Waals surface area contributed by atoms with Crippen LogP contribution in [0, 0.1) is 23.7 Å². The lowest BCUT2D eigenvalue weighted by Gasteiger charge is -2.33. The summed E-state index contributed by atoms with van der Waals surface area (Å²) in [6.07, 6.45) is 2.21. The third kappa shape index (κ3) is 1.80. The molecule has 1 aromatic rings. The Morgan fingerprint density at radius 1 is 1.37 bits per heavy atom. The van der Waals surface area contributed by atoms with Crippen LogP contribution in [-0.4, -0.2) is 12.7 Å². The van der Waals surface area contributed by atoms with Crippen LogP contribution < -0.4 is 14.8 Å². The molecule has 1 amide bonds. The van der Waals surface area contributed by atoms with Crippen LogP contribution in [0.4, 0.5) is 5.69 Å². The molecule has 0 bridgehead atoms. The zero-order valence-corrected chi connectivity index (χ0v) is 10.7. The Labute approximate surface area is 111 Å². The number of hydrogen-bond acceptors (Lipinski definition) is 4. The standard InChI is InChI=1S/C14H14N2O3/c1-9-5-11-12(19-8-18-11)6-10(9)16-13(17)14(7-15)3-2-4-14/h5-6H,2-4,8H2,1H3,(H,16,17). The van der Waals surface area contributed by atoms with Crippen molar-refractivity contribution in [2.45, 2.75) is 26.2 Å². The Hall–Kier alpha value is -2.22. The summed E-state index contributed by atoms with van der Waals surface area (Å²) in [5.41, 5.74) is 0.726. The first-order valence-electron chi connectivity index (χ1n) is 6.28. The van der Waals surface area contributed by atoms with E-state index in [-0.39, 0.29) is 12.7 Å². The maximum Gasteiger partial charge on any atom is 0.244 e. The number of amides is 1. The second kappa shape index (κ2) is 4.16. The van der Waals surface area contributed by atoms with Crippen LogP contribution >= 0.6 is 0 Å².